The van der Waals surface area contributed by atoms with E-state index in [4.69, 9.17) is 17.3 Å². The summed E-state index contributed by atoms with van der Waals surface area (Å²) in [6, 6.07) is 1.82. The second-order valence-electron chi connectivity index (χ2n) is 3.87. The SMILES string of the molecule is CSc1nc(Cl)cc(N2CCC(CN)C2)n1. The maximum atomic E-state index is 5.96. The van der Waals surface area contributed by atoms with Crippen molar-refractivity contribution in [3.8, 4) is 0 Å². The van der Waals surface area contributed by atoms with Gasteiger partial charge in [0.05, 0.1) is 0 Å². The standard InChI is InChI=1S/C10H15ClN4S/c1-16-10-13-8(11)4-9(14-10)15-3-2-7(5-12)6-15/h4,7H,2-3,5-6,12H2,1H3. The molecule has 0 amide bonds. The van der Waals surface area contributed by atoms with Crippen molar-refractivity contribution in [2.45, 2.75) is 11.6 Å². The highest BCUT2D eigenvalue weighted by atomic mass is 35.5. The molecule has 0 saturated carbocycles. The lowest BCUT2D eigenvalue weighted by Crippen LogP contribution is -2.23. The summed E-state index contributed by atoms with van der Waals surface area (Å²) in [7, 11) is 0. The molecular formula is C10H15ClN4S. The van der Waals surface area contributed by atoms with Crippen LogP contribution in [0.25, 0.3) is 0 Å². The summed E-state index contributed by atoms with van der Waals surface area (Å²) in [6.45, 7) is 2.71. The van der Waals surface area contributed by atoms with Crippen LogP contribution in [0, 0.1) is 5.92 Å². The van der Waals surface area contributed by atoms with Gasteiger partial charge in [-0.3, -0.25) is 0 Å². The normalized spacial score (nSPS) is 20.4. The molecule has 2 heterocycles. The molecule has 2 rings (SSSR count). The minimum atomic E-state index is 0.505. The highest BCUT2D eigenvalue weighted by Gasteiger charge is 2.22. The van der Waals surface area contributed by atoms with E-state index in [0.29, 0.717) is 11.1 Å². The summed E-state index contributed by atoms with van der Waals surface area (Å²) in [4.78, 5) is 10.8. The van der Waals surface area contributed by atoms with Crippen LogP contribution in [0.1, 0.15) is 6.42 Å². The molecule has 6 heteroatoms. The van der Waals surface area contributed by atoms with Crippen LogP contribution in [-0.4, -0.2) is 35.9 Å². The Balaban J connectivity index is 2.17. The first-order valence-electron chi connectivity index (χ1n) is 5.26. The average Bonchev–Trinajstić information content (AvgIpc) is 2.76. The maximum absolute atomic E-state index is 5.96. The van der Waals surface area contributed by atoms with Gasteiger partial charge in [0.1, 0.15) is 11.0 Å². The fourth-order valence-electron chi connectivity index (χ4n) is 1.87. The van der Waals surface area contributed by atoms with Crippen LogP contribution in [-0.2, 0) is 0 Å². The van der Waals surface area contributed by atoms with Crippen LogP contribution in [0.3, 0.4) is 0 Å². The average molecular weight is 259 g/mol. The number of rotatable bonds is 3. The van der Waals surface area contributed by atoms with Crippen molar-refractivity contribution in [2.75, 3.05) is 30.8 Å². The Morgan fingerprint density at radius 3 is 3.06 bits per heavy atom. The van der Waals surface area contributed by atoms with Gasteiger partial charge in [-0.15, -0.1) is 0 Å². The van der Waals surface area contributed by atoms with Gasteiger partial charge in [-0.2, -0.15) is 0 Å². The Labute approximate surface area is 105 Å². The second-order valence-corrected chi connectivity index (χ2v) is 5.03. The molecular weight excluding hydrogens is 244 g/mol. The lowest BCUT2D eigenvalue weighted by molar-refractivity contribution is 0.602. The minimum absolute atomic E-state index is 0.505. The predicted octanol–water partition coefficient (Wildman–Crippen LogP) is 1.64. The molecule has 16 heavy (non-hydrogen) atoms. The van der Waals surface area contributed by atoms with Gasteiger partial charge in [0.25, 0.3) is 0 Å². The van der Waals surface area contributed by atoms with Gasteiger partial charge >= 0.3 is 0 Å². The third-order valence-electron chi connectivity index (χ3n) is 2.79. The molecule has 0 aliphatic carbocycles. The van der Waals surface area contributed by atoms with Crippen molar-refractivity contribution in [3.05, 3.63) is 11.2 Å². The largest absolute Gasteiger partial charge is 0.356 e. The van der Waals surface area contributed by atoms with Crippen LogP contribution in [0.5, 0.6) is 0 Å². The zero-order chi connectivity index (χ0) is 11.5. The second kappa shape index (κ2) is 5.21. The van der Waals surface area contributed by atoms with Gasteiger partial charge in [-0.05, 0) is 25.1 Å². The summed E-state index contributed by atoms with van der Waals surface area (Å²) in [5.74, 6) is 1.49. The maximum Gasteiger partial charge on any atom is 0.190 e. The zero-order valence-electron chi connectivity index (χ0n) is 9.19. The molecule has 0 aromatic carbocycles. The molecule has 0 radical (unpaired) electrons. The van der Waals surface area contributed by atoms with Gasteiger partial charge in [0, 0.05) is 19.2 Å². The number of aromatic nitrogens is 2. The van der Waals surface area contributed by atoms with Crippen molar-refractivity contribution >= 4 is 29.2 Å². The van der Waals surface area contributed by atoms with E-state index < -0.39 is 0 Å². The zero-order valence-corrected chi connectivity index (χ0v) is 10.8. The predicted molar refractivity (Wildman–Crippen MR) is 68.2 cm³/mol. The van der Waals surface area contributed by atoms with Crippen molar-refractivity contribution < 1.29 is 0 Å². The summed E-state index contributed by atoms with van der Waals surface area (Å²) in [6.07, 6.45) is 3.08. The van der Waals surface area contributed by atoms with E-state index in [1.807, 2.05) is 12.3 Å². The Bertz CT molecular complexity index is 374. The lowest BCUT2D eigenvalue weighted by atomic mass is 10.1. The molecule has 1 saturated heterocycles. The molecule has 1 aliphatic rings. The van der Waals surface area contributed by atoms with E-state index in [1.54, 1.807) is 0 Å². The summed E-state index contributed by atoms with van der Waals surface area (Å²) in [5.41, 5.74) is 5.67. The van der Waals surface area contributed by atoms with E-state index in [0.717, 1.165) is 37.0 Å². The molecule has 1 fully saturated rings. The van der Waals surface area contributed by atoms with E-state index in [2.05, 4.69) is 14.9 Å². The highest BCUT2D eigenvalue weighted by Crippen LogP contribution is 2.25. The Morgan fingerprint density at radius 2 is 2.44 bits per heavy atom. The number of hydrogen-bond donors (Lipinski definition) is 1. The van der Waals surface area contributed by atoms with Crippen LogP contribution < -0.4 is 10.6 Å². The lowest BCUT2D eigenvalue weighted by Gasteiger charge is -2.17. The quantitative estimate of drug-likeness (QED) is 0.507. The number of nitrogens with two attached hydrogens (primary N) is 1. The molecule has 4 nitrogen and oxygen atoms in total. The van der Waals surface area contributed by atoms with E-state index in [1.165, 1.54) is 11.8 Å². The first-order valence-corrected chi connectivity index (χ1v) is 6.86. The molecule has 88 valence electrons. The number of hydrogen-bond acceptors (Lipinski definition) is 5. The van der Waals surface area contributed by atoms with Gasteiger partial charge < -0.3 is 10.6 Å². The van der Waals surface area contributed by atoms with Crippen LogP contribution in [0.2, 0.25) is 5.15 Å². The molecule has 0 spiro atoms. The summed E-state index contributed by atoms with van der Waals surface area (Å²) < 4.78 is 0. The van der Waals surface area contributed by atoms with E-state index in [9.17, 15) is 0 Å². The van der Waals surface area contributed by atoms with E-state index in [-0.39, 0.29) is 0 Å². The Kier molecular flexibility index (Phi) is 3.89. The Morgan fingerprint density at radius 1 is 1.62 bits per heavy atom. The number of thioether (sulfide) groups is 1. The smallest absolute Gasteiger partial charge is 0.190 e. The molecule has 2 N–H and O–H groups in total. The molecule has 1 aromatic rings. The van der Waals surface area contributed by atoms with E-state index >= 15 is 0 Å². The van der Waals surface area contributed by atoms with Crippen molar-refractivity contribution in [3.63, 3.8) is 0 Å². The highest BCUT2D eigenvalue weighted by molar-refractivity contribution is 7.98. The number of nitrogens with zero attached hydrogens (tertiary/aromatic N) is 3. The topological polar surface area (TPSA) is 55.0 Å². The first kappa shape index (κ1) is 12.0. The Hall–Kier alpha value is -0.520. The summed E-state index contributed by atoms with van der Waals surface area (Å²) in [5, 5.41) is 1.23. The third kappa shape index (κ3) is 2.59. The third-order valence-corrected chi connectivity index (χ3v) is 3.53. The number of anilines is 1. The van der Waals surface area contributed by atoms with Gasteiger partial charge in [0.15, 0.2) is 5.16 Å². The van der Waals surface area contributed by atoms with Gasteiger partial charge in [-0.1, -0.05) is 23.4 Å². The molecule has 1 aliphatic heterocycles. The molecule has 0 bridgehead atoms. The van der Waals surface area contributed by atoms with Crippen LogP contribution >= 0.6 is 23.4 Å². The fraction of sp³-hybridized carbons (Fsp3) is 0.600. The van der Waals surface area contributed by atoms with Crippen molar-refractivity contribution in [2.24, 2.45) is 11.7 Å². The monoisotopic (exact) mass is 258 g/mol. The van der Waals surface area contributed by atoms with Crippen LogP contribution in [0.15, 0.2) is 11.2 Å². The molecule has 1 unspecified atom stereocenters. The molecule has 1 aromatic heterocycles. The summed E-state index contributed by atoms with van der Waals surface area (Å²) >= 11 is 7.47. The fourth-order valence-corrected chi connectivity index (χ4v) is 2.47. The first-order chi connectivity index (χ1) is 7.72. The minimum Gasteiger partial charge on any atom is -0.356 e. The van der Waals surface area contributed by atoms with Crippen molar-refractivity contribution in [1.82, 2.24) is 9.97 Å². The van der Waals surface area contributed by atoms with Gasteiger partial charge in [0.2, 0.25) is 0 Å². The number of halogens is 1. The van der Waals surface area contributed by atoms with Crippen LogP contribution in [0.4, 0.5) is 5.82 Å². The molecule has 1 atom stereocenters. The van der Waals surface area contributed by atoms with Crippen molar-refractivity contribution in [1.29, 1.82) is 0 Å². The van der Waals surface area contributed by atoms with Gasteiger partial charge in [-0.25, -0.2) is 9.97 Å².